The predicted molar refractivity (Wildman–Crippen MR) is 361 cm³/mol. The number of hydrogen-bond donors (Lipinski definition) is 5. The number of benzene rings is 6. The number of nitrogens with two attached hydrogens (primary N) is 1. The number of anilines is 6. The summed E-state index contributed by atoms with van der Waals surface area (Å²) < 4.78 is 28.0. The van der Waals surface area contributed by atoms with E-state index in [2.05, 4.69) is 120 Å². The Morgan fingerprint density at radius 1 is 0.458 bits per heavy atom. The van der Waals surface area contributed by atoms with Crippen molar-refractivity contribution in [3.05, 3.63) is 214 Å². The zero-order chi connectivity index (χ0) is 64.8. The SMILES string of the molecule is NC(=O)c1ccc2c(c1)Oc1ccccc1N2C1C[C@H]2CC[C@@H](C1)N2.O=Cc1ccccn1.O=c1[nH]c(-c2ccc3c(c2)Oc2ccccc2N3C2C[C@H]3CC[C@@H](C2)N3)no1.O=c1[nH]c(-c2ccc3c(c2)Oc2ccccc2N3C2C[C@H]3CC[C@@H](C2)N3Cc2ccccn2)no1. The van der Waals surface area contributed by atoms with Crippen LogP contribution in [0.5, 0.6) is 34.5 Å². The van der Waals surface area contributed by atoms with Crippen LogP contribution in [0, 0.1) is 0 Å². The average Bonchev–Trinajstić information content (AvgIpc) is 1.24. The van der Waals surface area contributed by atoms with E-state index in [1.807, 2.05) is 85.1 Å². The first-order valence-electron chi connectivity index (χ1n) is 33.2. The molecule has 9 atom stereocenters. The van der Waals surface area contributed by atoms with Crippen LogP contribution in [0.2, 0.25) is 0 Å². The van der Waals surface area contributed by atoms with E-state index in [0.717, 1.165) is 131 Å². The fourth-order valence-corrected chi connectivity index (χ4v) is 16.0. The van der Waals surface area contributed by atoms with Gasteiger partial charge in [0.2, 0.25) is 5.91 Å². The van der Waals surface area contributed by atoms with Crippen LogP contribution >= 0.6 is 0 Å². The minimum absolute atomic E-state index is 0.369. The number of carbonyl (C=O) groups is 2. The van der Waals surface area contributed by atoms with Gasteiger partial charge in [0, 0.05) is 90.0 Å². The number of H-pyrrole nitrogens is 2. The first-order valence-corrected chi connectivity index (χ1v) is 33.2. The monoisotopic (exact) mass is 1290 g/mol. The van der Waals surface area contributed by atoms with Crippen LogP contribution in [0.15, 0.2) is 195 Å². The van der Waals surface area contributed by atoms with Gasteiger partial charge >= 0.3 is 11.5 Å². The van der Waals surface area contributed by atoms with Crippen molar-refractivity contribution in [3.8, 4) is 57.3 Å². The van der Waals surface area contributed by atoms with Gasteiger partial charge in [-0.1, -0.05) is 58.8 Å². The fourth-order valence-electron chi connectivity index (χ4n) is 16.0. The van der Waals surface area contributed by atoms with Crippen LogP contribution in [-0.2, 0) is 6.54 Å². The fraction of sp³-hybridized carbons (Fsp3) is 0.297. The maximum Gasteiger partial charge on any atom is 0.439 e. The van der Waals surface area contributed by atoms with Crippen LogP contribution in [0.1, 0.15) is 104 Å². The lowest BCUT2D eigenvalue weighted by molar-refractivity contribution is 0.0999. The average molecular weight is 1290 g/mol. The molecule has 22 nitrogen and oxygen atoms in total. The van der Waals surface area contributed by atoms with Crippen molar-refractivity contribution in [1.29, 1.82) is 0 Å². The summed E-state index contributed by atoms with van der Waals surface area (Å²) >= 11 is 0. The Kier molecular flexibility index (Phi) is 16.3. The van der Waals surface area contributed by atoms with Gasteiger partial charge in [-0.05, 0) is 192 Å². The van der Waals surface area contributed by atoms with Crippen LogP contribution < -0.4 is 56.8 Å². The molecule has 0 saturated carbocycles. The molecule has 6 fully saturated rings. The van der Waals surface area contributed by atoms with Crippen LogP contribution in [0.25, 0.3) is 22.8 Å². The van der Waals surface area contributed by atoms with Gasteiger partial charge in [0.1, 0.15) is 5.69 Å². The van der Waals surface area contributed by atoms with Crippen molar-refractivity contribution in [2.45, 2.75) is 138 Å². The summed E-state index contributed by atoms with van der Waals surface area (Å²) in [5, 5.41) is 15.1. The molecule has 6 saturated heterocycles. The Hall–Kier alpha value is -10.7. The smallest absolute Gasteiger partial charge is 0.439 e. The molecule has 1 amide bonds. The number of rotatable bonds is 9. The second-order valence-electron chi connectivity index (χ2n) is 26.0. The molecule has 6 aromatic carbocycles. The number of pyridine rings is 2. The van der Waals surface area contributed by atoms with E-state index in [1.54, 1.807) is 36.5 Å². The first-order chi connectivity index (χ1) is 47.1. The van der Waals surface area contributed by atoms with Crippen LogP contribution in [0.3, 0.4) is 0 Å². The molecule has 4 aromatic heterocycles. The summed E-state index contributed by atoms with van der Waals surface area (Å²) in [6.45, 7) is 0.915. The lowest BCUT2D eigenvalue weighted by atomic mass is 9.93. The second-order valence-corrected chi connectivity index (χ2v) is 26.0. The van der Waals surface area contributed by atoms with E-state index in [9.17, 15) is 19.2 Å². The van der Waals surface area contributed by atoms with Gasteiger partial charge < -0.3 is 45.3 Å². The Morgan fingerprint density at radius 3 is 1.28 bits per heavy atom. The molecule has 486 valence electrons. The number of aldehydes is 1. The number of nitrogens with zero attached hydrogens (tertiary/aromatic N) is 8. The molecule has 22 heteroatoms. The highest BCUT2D eigenvalue weighted by Crippen LogP contribution is 2.54. The van der Waals surface area contributed by atoms with Crippen molar-refractivity contribution < 1.29 is 32.8 Å². The standard InChI is InChI=1S/C27H25N5O3.C21H20N4O3.C20H21N3O2.C6H5NO/c33-27-29-26(30-35-27)17-8-11-23-25(13-17)34-24-7-2-1-6-22(24)32(23)21-14-19-9-10-20(15-21)31(19)16-18-5-3-4-12-28-18;26-21-23-20(24-28-21)12-5-8-17-19(9-12)27-18-4-2-1-3-16(18)25(17)15-10-13-6-7-14(11-15)22-13;21-20(24)12-5-8-17-19(9-12)25-18-4-2-1-3-16(18)23(17)15-10-13-6-7-14(11-15)22-13;8-5-6-3-1-2-4-7-6/h1-8,11-13,19-21H,9-10,14-16H2,(H,29,30,33);1-5,8-9,13-15,22H,6-7,10-11H2,(H,23,24,26);1-5,8-9,13-15,22H,6-7,10-11H2,(H2,21,24);1-5H/t19-,20+,21?;2*13-,14+,15?;. The molecule has 0 spiro atoms. The topological polar surface area (TPSA) is 268 Å². The van der Waals surface area contributed by atoms with Crippen LogP contribution in [-0.4, -0.2) is 102 Å². The number of aromatic nitrogens is 6. The van der Waals surface area contributed by atoms with Gasteiger partial charge in [0.15, 0.2) is 52.4 Å². The van der Waals surface area contributed by atoms with E-state index in [1.165, 1.54) is 38.5 Å². The minimum atomic E-state index is -0.571. The molecule has 3 unspecified atom stereocenters. The van der Waals surface area contributed by atoms with Gasteiger partial charge in [0.05, 0.1) is 39.8 Å². The number of primary amides is 1. The number of piperidine rings is 3. The molecule has 6 N–H and O–H groups in total. The lowest BCUT2D eigenvalue weighted by Gasteiger charge is -2.45. The third-order valence-electron chi connectivity index (χ3n) is 20.1. The highest BCUT2D eigenvalue weighted by molar-refractivity contribution is 5.95. The molecule has 19 rings (SSSR count). The summed E-state index contributed by atoms with van der Waals surface area (Å²) in [4.78, 5) is 67.8. The number of para-hydroxylation sites is 6. The van der Waals surface area contributed by atoms with Crippen molar-refractivity contribution >= 4 is 46.3 Å². The Balaban J connectivity index is 0.000000108. The highest BCUT2D eigenvalue weighted by atomic mass is 16.5. The maximum absolute atomic E-state index is 11.6. The number of fused-ring (bicyclic) bond motifs is 12. The number of nitrogens with one attached hydrogen (secondary N) is 4. The summed E-state index contributed by atoms with van der Waals surface area (Å²) in [7, 11) is 0. The molecule has 96 heavy (non-hydrogen) atoms. The Labute approximate surface area is 552 Å². The molecule has 0 aliphatic carbocycles. The number of ether oxygens (including phenoxy) is 3. The largest absolute Gasteiger partial charge is 0.453 e. The van der Waals surface area contributed by atoms with Crippen molar-refractivity contribution in [2.75, 3.05) is 14.7 Å². The van der Waals surface area contributed by atoms with E-state index in [-0.39, 0.29) is 0 Å². The molecule has 9 aliphatic rings. The molecule has 9 aliphatic heterocycles. The minimum Gasteiger partial charge on any atom is -0.453 e. The number of carbonyl (C=O) groups excluding carboxylic acids is 2. The van der Waals surface area contributed by atoms with Gasteiger partial charge in [-0.2, -0.15) is 0 Å². The summed E-state index contributed by atoms with van der Waals surface area (Å²) in [6, 6.07) is 58.0. The van der Waals surface area contributed by atoms with Crippen molar-refractivity contribution in [1.82, 2.24) is 45.8 Å². The van der Waals surface area contributed by atoms with E-state index in [4.69, 9.17) is 24.5 Å². The normalized spacial score (nSPS) is 23.3. The summed E-state index contributed by atoms with van der Waals surface area (Å²) in [5.74, 6) is 4.00. The Morgan fingerprint density at radius 2 is 0.875 bits per heavy atom. The van der Waals surface area contributed by atoms with Crippen molar-refractivity contribution in [2.24, 2.45) is 5.73 Å². The van der Waals surface area contributed by atoms with E-state index in [0.29, 0.717) is 83.0 Å². The summed E-state index contributed by atoms with van der Waals surface area (Å²) in [5.41, 5.74) is 15.5. The molecule has 6 bridgehead atoms. The van der Waals surface area contributed by atoms with Crippen molar-refractivity contribution in [3.63, 3.8) is 0 Å². The third kappa shape index (κ3) is 12.1. The second kappa shape index (κ2) is 25.9. The summed E-state index contributed by atoms with van der Waals surface area (Å²) in [6.07, 6.45) is 18.4. The number of aromatic amines is 2. The molecule has 13 heterocycles. The quantitative estimate of drug-likeness (QED) is 0.0841. The molecular formula is C74H71N13O9. The van der Waals surface area contributed by atoms with Crippen LogP contribution in [0.4, 0.5) is 34.1 Å². The predicted octanol–water partition coefficient (Wildman–Crippen LogP) is 12.6. The zero-order valence-electron chi connectivity index (χ0n) is 52.5. The number of hydrogen-bond acceptors (Lipinski definition) is 19. The Bertz CT molecular complexity index is 4580. The first kappa shape index (κ1) is 60.3. The van der Waals surface area contributed by atoms with Gasteiger partial charge in [-0.25, -0.2) is 9.59 Å². The molecular weight excluding hydrogens is 1210 g/mol. The van der Waals surface area contributed by atoms with Gasteiger partial charge in [-0.3, -0.25) is 43.5 Å². The van der Waals surface area contributed by atoms with E-state index < -0.39 is 17.4 Å². The molecule has 10 aromatic rings. The lowest BCUT2D eigenvalue weighted by Crippen LogP contribution is -2.49. The molecule has 0 radical (unpaired) electrons. The number of amides is 1. The zero-order valence-corrected chi connectivity index (χ0v) is 52.5. The van der Waals surface area contributed by atoms with E-state index >= 15 is 0 Å². The maximum atomic E-state index is 11.6. The van der Waals surface area contributed by atoms with Gasteiger partial charge in [0.25, 0.3) is 0 Å². The third-order valence-corrected chi connectivity index (χ3v) is 20.1. The van der Waals surface area contributed by atoms with Gasteiger partial charge in [-0.15, -0.1) is 0 Å². The highest BCUT2D eigenvalue weighted by Gasteiger charge is 2.46.